The summed E-state index contributed by atoms with van der Waals surface area (Å²) in [6.45, 7) is 11.4. The molecular weight excluding hydrogens is 178 g/mol. The molecule has 0 radical (unpaired) electrons. The Balaban J connectivity index is 2.51. The highest BCUT2D eigenvalue weighted by atomic mass is 28.4. The van der Waals surface area contributed by atoms with Crippen LogP contribution >= 0.6 is 0 Å². The number of hydrogen-bond acceptors (Lipinski definition) is 2. The van der Waals surface area contributed by atoms with Crippen molar-refractivity contribution in [2.45, 2.75) is 51.6 Å². The van der Waals surface area contributed by atoms with Gasteiger partial charge < -0.3 is 9.74 Å². The van der Waals surface area contributed by atoms with Crippen LogP contribution in [0.4, 0.5) is 0 Å². The molecule has 0 aromatic carbocycles. The summed E-state index contributed by atoms with van der Waals surface area (Å²) in [5, 5.41) is 3.52. The van der Waals surface area contributed by atoms with Gasteiger partial charge in [-0.2, -0.15) is 0 Å². The Morgan fingerprint density at radius 2 is 2.00 bits per heavy atom. The molecule has 0 amide bonds. The lowest BCUT2D eigenvalue weighted by Crippen LogP contribution is -2.46. The molecule has 0 saturated heterocycles. The average Bonchev–Trinajstić information content (AvgIpc) is 2.35. The molecule has 1 aliphatic rings. The maximum absolute atomic E-state index is 6.13. The summed E-state index contributed by atoms with van der Waals surface area (Å²) in [6, 6.07) is 0. The molecule has 1 heterocycles. The lowest BCUT2D eigenvalue weighted by molar-refractivity contribution is 0.172. The van der Waals surface area contributed by atoms with Crippen LogP contribution in [0.1, 0.15) is 27.2 Å². The summed E-state index contributed by atoms with van der Waals surface area (Å²) >= 11 is 0. The first-order chi connectivity index (χ1) is 5.83. The predicted octanol–water partition coefficient (Wildman–Crippen LogP) is 2.84. The monoisotopic (exact) mass is 199 g/mol. The van der Waals surface area contributed by atoms with Gasteiger partial charge in [0.25, 0.3) is 0 Å². The summed E-state index contributed by atoms with van der Waals surface area (Å²) in [5.74, 6) is 0. The van der Waals surface area contributed by atoms with Crippen molar-refractivity contribution in [1.29, 1.82) is 0 Å². The molecule has 2 nitrogen and oxygen atoms in total. The Hall–Kier alpha value is -0.283. The molecule has 13 heavy (non-hydrogen) atoms. The second-order valence-corrected chi connectivity index (χ2v) is 9.93. The largest absolute Gasteiger partial charge is 0.397 e. The van der Waals surface area contributed by atoms with E-state index in [4.69, 9.17) is 4.43 Å². The van der Waals surface area contributed by atoms with E-state index >= 15 is 0 Å². The van der Waals surface area contributed by atoms with Crippen molar-refractivity contribution in [2.75, 3.05) is 0 Å². The average molecular weight is 199 g/mol. The van der Waals surface area contributed by atoms with Crippen molar-refractivity contribution >= 4 is 8.32 Å². The van der Waals surface area contributed by atoms with Crippen LogP contribution in [0.3, 0.4) is 0 Å². The van der Waals surface area contributed by atoms with Crippen molar-refractivity contribution < 1.29 is 4.43 Å². The van der Waals surface area contributed by atoms with Gasteiger partial charge in [-0.1, -0.05) is 26.8 Å². The maximum atomic E-state index is 6.13. The maximum Gasteiger partial charge on any atom is 0.194 e. The molecule has 0 unspecified atom stereocenters. The first kappa shape index (κ1) is 10.8. The van der Waals surface area contributed by atoms with Crippen molar-refractivity contribution in [2.24, 2.45) is 0 Å². The fourth-order valence-corrected chi connectivity index (χ4v) is 2.28. The Morgan fingerprint density at radius 3 is 2.38 bits per heavy atom. The van der Waals surface area contributed by atoms with Crippen LogP contribution in [0.5, 0.6) is 0 Å². The molecule has 1 aliphatic heterocycles. The summed E-state index contributed by atoms with van der Waals surface area (Å²) < 4.78 is 6.13. The smallest absolute Gasteiger partial charge is 0.194 e. The summed E-state index contributed by atoms with van der Waals surface area (Å²) in [5.41, 5.74) is 0. The molecule has 0 aromatic heterocycles. The predicted molar refractivity (Wildman–Crippen MR) is 59.0 cm³/mol. The molecule has 76 valence electrons. The molecular formula is C10H21NOSi. The van der Waals surface area contributed by atoms with E-state index in [-0.39, 0.29) is 6.23 Å². The molecule has 1 atom stereocenters. The fourth-order valence-electron chi connectivity index (χ4n) is 1.05. The third-order valence-electron chi connectivity index (χ3n) is 2.99. The van der Waals surface area contributed by atoms with E-state index in [9.17, 15) is 0 Å². The number of nitrogens with one attached hydrogen (secondary N) is 1. The van der Waals surface area contributed by atoms with E-state index in [1.165, 1.54) is 0 Å². The topological polar surface area (TPSA) is 21.3 Å². The molecule has 0 bridgehead atoms. The van der Waals surface area contributed by atoms with Crippen molar-refractivity contribution in [3.8, 4) is 0 Å². The van der Waals surface area contributed by atoms with Gasteiger partial charge in [-0.05, 0) is 24.3 Å². The fraction of sp³-hybridized carbons (Fsp3) is 0.800. The summed E-state index contributed by atoms with van der Waals surface area (Å²) in [4.78, 5) is 0. The van der Waals surface area contributed by atoms with E-state index in [1.54, 1.807) is 0 Å². The van der Waals surface area contributed by atoms with E-state index in [0.717, 1.165) is 6.42 Å². The Labute approximate surface area is 82.5 Å². The van der Waals surface area contributed by atoms with E-state index < -0.39 is 8.32 Å². The van der Waals surface area contributed by atoms with Crippen molar-refractivity contribution in [1.82, 2.24) is 5.32 Å². The standard InChI is InChI=1S/C10H21NOSi/c1-10(2,3)13(4,5)12-9-7-6-8-11-9/h6,8-9,11H,7H2,1-5H3/t9-/m1/s1. The number of hydrogen-bond donors (Lipinski definition) is 1. The highest BCUT2D eigenvalue weighted by molar-refractivity contribution is 6.74. The van der Waals surface area contributed by atoms with Crippen LogP contribution in [0.25, 0.3) is 0 Å². The Bertz CT molecular complexity index is 197. The first-order valence-corrected chi connectivity index (χ1v) is 7.83. The normalized spacial score (nSPS) is 23.3. The van der Waals surface area contributed by atoms with Crippen molar-refractivity contribution in [3.05, 3.63) is 12.3 Å². The lowest BCUT2D eigenvalue weighted by Gasteiger charge is -2.38. The second kappa shape index (κ2) is 3.46. The Morgan fingerprint density at radius 1 is 1.38 bits per heavy atom. The van der Waals surface area contributed by atoms with Gasteiger partial charge >= 0.3 is 0 Å². The zero-order chi connectivity index (χ0) is 10.1. The molecule has 3 heteroatoms. The first-order valence-electron chi connectivity index (χ1n) is 4.92. The third kappa shape index (κ3) is 2.58. The van der Waals surface area contributed by atoms with Crippen LogP contribution in [0.2, 0.25) is 18.1 Å². The van der Waals surface area contributed by atoms with Gasteiger partial charge in [0, 0.05) is 6.42 Å². The van der Waals surface area contributed by atoms with Gasteiger partial charge in [0.2, 0.25) is 0 Å². The number of rotatable bonds is 2. The van der Waals surface area contributed by atoms with Crippen LogP contribution in [-0.4, -0.2) is 14.5 Å². The SMILES string of the molecule is CC(C)(C)[Si](C)(C)O[C@@H]1CC=CN1. The van der Waals surface area contributed by atoms with Crippen molar-refractivity contribution in [3.63, 3.8) is 0 Å². The molecule has 1 rings (SSSR count). The van der Waals surface area contributed by atoms with Crippen LogP contribution in [0, 0.1) is 0 Å². The van der Waals surface area contributed by atoms with Gasteiger partial charge in [0.15, 0.2) is 8.32 Å². The van der Waals surface area contributed by atoms with E-state index in [2.05, 4.69) is 45.3 Å². The molecule has 1 N–H and O–H groups in total. The Kier molecular flexibility index (Phi) is 2.87. The van der Waals surface area contributed by atoms with Crippen LogP contribution < -0.4 is 5.32 Å². The summed E-state index contributed by atoms with van der Waals surface area (Å²) in [6.07, 6.45) is 5.34. The molecule has 0 fully saturated rings. The van der Waals surface area contributed by atoms with Gasteiger partial charge in [-0.3, -0.25) is 0 Å². The second-order valence-electron chi connectivity index (χ2n) is 5.17. The van der Waals surface area contributed by atoms with E-state index in [0.29, 0.717) is 5.04 Å². The minimum atomic E-state index is -1.57. The van der Waals surface area contributed by atoms with E-state index in [1.807, 2.05) is 6.20 Å². The van der Waals surface area contributed by atoms with Gasteiger partial charge in [0.05, 0.1) is 0 Å². The zero-order valence-electron chi connectivity index (χ0n) is 9.35. The van der Waals surface area contributed by atoms with Gasteiger partial charge in [-0.25, -0.2) is 0 Å². The minimum Gasteiger partial charge on any atom is -0.397 e. The molecule has 0 spiro atoms. The quantitative estimate of drug-likeness (QED) is 0.691. The molecule has 0 saturated carbocycles. The molecule has 0 aliphatic carbocycles. The van der Waals surface area contributed by atoms with Crippen LogP contribution in [0.15, 0.2) is 12.3 Å². The van der Waals surface area contributed by atoms with Gasteiger partial charge in [-0.15, -0.1) is 0 Å². The minimum absolute atomic E-state index is 0.223. The lowest BCUT2D eigenvalue weighted by atomic mass is 10.2. The van der Waals surface area contributed by atoms with Gasteiger partial charge in [0.1, 0.15) is 6.23 Å². The van der Waals surface area contributed by atoms with Crippen LogP contribution in [-0.2, 0) is 4.43 Å². The highest BCUT2D eigenvalue weighted by Gasteiger charge is 2.39. The zero-order valence-corrected chi connectivity index (χ0v) is 10.3. The third-order valence-corrected chi connectivity index (χ3v) is 7.48. The summed E-state index contributed by atoms with van der Waals surface area (Å²) in [7, 11) is -1.57. The highest BCUT2D eigenvalue weighted by Crippen LogP contribution is 2.37. The molecule has 0 aromatic rings.